The van der Waals surface area contributed by atoms with E-state index >= 15 is 0 Å². The standard InChI is InChI=1S/C16H12Cl2N2OS2/c17-8-4-5-10(18)12(6-8)22-7-13-19-15(21)14-9-2-1-3-11(9)23-16(14)20-13/h4-6H,1-3,7H2,(H,19,20,21). The Morgan fingerprint density at radius 2 is 2.17 bits per heavy atom. The number of thioether (sulfide) groups is 1. The fourth-order valence-electron chi connectivity index (χ4n) is 2.85. The van der Waals surface area contributed by atoms with Crippen LogP contribution in [-0.2, 0) is 18.6 Å². The molecule has 118 valence electrons. The van der Waals surface area contributed by atoms with Crippen molar-refractivity contribution in [1.29, 1.82) is 0 Å². The van der Waals surface area contributed by atoms with E-state index in [0.29, 0.717) is 21.6 Å². The molecule has 23 heavy (non-hydrogen) atoms. The lowest BCUT2D eigenvalue weighted by Crippen LogP contribution is -2.11. The van der Waals surface area contributed by atoms with Crippen molar-refractivity contribution >= 4 is 56.5 Å². The number of benzene rings is 1. The smallest absolute Gasteiger partial charge is 0.259 e. The maximum Gasteiger partial charge on any atom is 0.259 e. The third-order valence-corrected chi connectivity index (χ3v) is 6.81. The summed E-state index contributed by atoms with van der Waals surface area (Å²) in [6.45, 7) is 0. The summed E-state index contributed by atoms with van der Waals surface area (Å²) in [4.78, 5) is 23.0. The minimum absolute atomic E-state index is 0.0257. The van der Waals surface area contributed by atoms with Crippen LogP contribution in [0.1, 0.15) is 22.7 Å². The number of hydrogen-bond donors (Lipinski definition) is 1. The van der Waals surface area contributed by atoms with Crippen molar-refractivity contribution < 1.29 is 0 Å². The molecule has 0 spiro atoms. The van der Waals surface area contributed by atoms with E-state index in [4.69, 9.17) is 23.2 Å². The first-order chi connectivity index (χ1) is 11.1. The predicted molar refractivity (Wildman–Crippen MR) is 98.3 cm³/mol. The predicted octanol–water partition coefficient (Wildman–Crippen LogP) is 5.07. The van der Waals surface area contributed by atoms with Gasteiger partial charge >= 0.3 is 0 Å². The normalized spacial score (nSPS) is 13.7. The van der Waals surface area contributed by atoms with Gasteiger partial charge in [0.05, 0.1) is 16.2 Å². The Morgan fingerprint density at radius 3 is 3.04 bits per heavy atom. The highest BCUT2D eigenvalue weighted by Gasteiger charge is 2.21. The molecule has 0 aliphatic heterocycles. The van der Waals surface area contributed by atoms with Crippen LogP contribution >= 0.6 is 46.3 Å². The number of aromatic amines is 1. The van der Waals surface area contributed by atoms with E-state index in [1.54, 1.807) is 23.5 Å². The molecule has 3 aromatic rings. The lowest BCUT2D eigenvalue weighted by Gasteiger charge is -2.05. The zero-order chi connectivity index (χ0) is 16.0. The average molecular weight is 383 g/mol. The number of aromatic nitrogens is 2. The van der Waals surface area contributed by atoms with Crippen molar-refractivity contribution in [3.05, 3.63) is 54.9 Å². The monoisotopic (exact) mass is 382 g/mol. The average Bonchev–Trinajstić information content (AvgIpc) is 3.08. The number of nitrogens with zero attached hydrogens (tertiary/aromatic N) is 1. The second-order valence-electron chi connectivity index (χ2n) is 5.41. The number of hydrogen-bond acceptors (Lipinski definition) is 4. The fraction of sp³-hybridized carbons (Fsp3) is 0.250. The van der Waals surface area contributed by atoms with Crippen LogP contribution < -0.4 is 5.56 Å². The van der Waals surface area contributed by atoms with Gasteiger partial charge in [-0.1, -0.05) is 23.2 Å². The van der Waals surface area contributed by atoms with E-state index in [1.807, 2.05) is 6.07 Å². The molecule has 1 N–H and O–H groups in total. The molecule has 0 fully saturated rings. The molecule has 3 nitrogen and oxygen atoms in total. The van der Waals surface area contributed by atoms with Gasteiger partial charge in [-0.25, -0.2) is 4.98 Å². The van der Waals surface area contributed by atoms with Crippen LogP contribution in [0.4, 0.5) is 0 Å². The maximum atomic E-state index is 12.4. The molecule has 0 saturated carbocycles. The first-order valence-electron chi connectivity index (χ1n) is 7.23. The Hall–Kier alpha value is -1.01. The molecule has 0 amide bonds. The van der Waals surface area contributed by atoms with Gasteiger partial charge in [0.15, 0.2) is 0 Å². The van der Waals surface area contributed by atoms with Crippen LogP contribution in [0, 0.1) is 0 Å². The van der Waals surface area contributed by atoms with Gasteiger partial charge in [0.25, 0.3) is 5.56 Å². The highest BCUT2D eigenvalue weighted by Crippen LogP contribution is 2.35. The summed E-state index contributed by atoms with van der Waals surface area (Å²) in [6, 6.07) is 5.35. The number of nitrogens with one attached hydrogen (secondary N) is 1. The van der Waals surface area contributed by atoms with E-state index in [0.717, 1.165) is 34.4 Å². The molecule has 1 aliphatic carbocycles. The molecule has 0 unspecified atom stereocenters. The molecule has 1 aromatic carbocycles. The quantitative estimate of drug-likeness (QED) is 0.642. The molecule has 0 saturated heterocycles. The van der Waals surface area contributed by atoms with E-state index in [1.165, 1.54) is 22.2 Å². The third kappa shape index (κ3) is 2.91. The molecule has 7 heteroatoms. The number of thiophene rings is 1. The van der Waals surface area contributed by atoms with Crippen LogP contribution in [0.25, 0.3) is 10.2 Å². The van der Waals surface area contributed by atoms with Crippen molar-refractivity contribution in [2.24, 2.45) is 0 Å². The van der Waals surface area contributed by atoms with Crippen LogP contribution in [0.15, 0.2) is 27.9 Å². The second kappa shape index (κ2) is 6.13. The number of fused-ring (bicyclic) bond motifs is 3. The van der Waals surface area contributed by atoms with Gasteiger partial charge in [0.1, 0.15) is 10.7 Å². The summed E-state index contributed by atoms with van der Waals surface area (Å²) in [7, 11) is 0. The summed E-state index contributed by atoms with van der Waals surface area (Å²) in [5.74, 6) is 1.22. The van der Waals surface area contributed by atoms with Gasteiger partial charge in [0, 0.05) is 14.8 Å². The molecular weight excluding hydrogens is 371 g/mol. The molecule has 0 atom stereocenters. The van der Waals surface area contributed by atoms with Crippen LogP contribution in [0.2, 0.25) is 10.0 Å². The van der Waals surface area contributed by atoms with Crippen LogP contribution in [0.5, 0.6) is 0 Å². The highest BCUT2D eigenvalue weighted by molar-refractivity contribution is 7.98. The number of aryl methyl sites for hydroxylation is 2. The Kier molecular flexibility index (Phi) is 4.13. The Morgan fingerprint density at radius 1 is 1.30 bits per heavy atom. The van der Waals surface area contributed by atoms with E-state index in [-0.39, 0.29) is 5.56 Å². The van der Waals surface area contributed by atoms with Gasteiger partial charge in [-0.2, -0.15) is 0 Å². The number of halogens is 2. The number of H-pyrrole nitrogens is 1. The molecule has 0 bridgehead atoms. The van der Waals surface area contributed by atoms with E-state index in [2.05, 4.69) is 9.97 Å². The van der Waals surface area contributed by atoms with Gasteiger partial charge in [0.2, 0.25) is 0 Å². The summed E-state index contributed by atoms with van der Waals surface area (Å²) in [6.07, 6.45) is 3.20. The van der Waals surface area contributed by atoms with Crippen molar-refractivity contribution in [3.63, 3.8) is 0 Å². The van der Waals surface area contributed by atoms with Crippen molar-refractivity contribution in [3.8, 4) is 0 Å². The van der Waals surface area contributed by atoms with Crippen LogP contribution in [-0.4, -0.2) is 9.97 Å². The SMILES string of the molecule is O=c1[nH]c(CSc2cc(Cl)ccc2Cl)nc2sc3c(c12)CCC3. The van der Waals surface area contributed by atoms with Gasteiger partial charge in [-0.15, -0.1) is 23.1 Å². The molecule has 2 heterocycles. The number of rotatable bonds is 3. The topological polar surface area (TPSA) is 45.8 Å². The van der Waals surface area contributed by atoms with E-state index < -0.39 is 0 Å². The lowest BCUT2D eigenvalue weighted by molar-refractivity contribution is 0.916. The zero-order valence-corrected chi connectivity index (χ0v) is 15.1. The van der Waals surface area contributed by atoms with Gasteiger partial charge < -0.3 is 4.98 Å². The Balaban J connectivity index is 1.65. The van der Waals surface area contributed by atoms with E-state index in [9.17, 15) is 4.79 Å². The zero-order valence-electron chi connectivity index (χ0n) is 12.0. The summed E-state index contributed by atoms with van der Waals surface area (Å²) >= 11 is 15.3. The molecule has 2 aromatic heterocycles. The minimum Gasteiger partial charge on any atom is -0.309 e. The fourth-order valence-corrected chi connectivity index (χ4v) is 5.49. The minimum atomic E-state index is -0.0257. The van der Waals surface area contributed by atoms with Crippen molar-refractivity contribution in [2.45, 2.75) is 29.9 Å². The highest BCUT2D eigenvalue weighted by atomic mass is 35.5. The Labute approximate surface area is 151 Å². The Bertz CT molecular complexity index is 965. The second-order valence-corrected chi connectivity index (χ2v) is 8.36. The third-order valence-electron chi connectivity index (χ3n) is 3.88. The van der Waals surface area contributed by atoms with Crippen LogP contribution in [0.3, 0.4) is 0 Å². The van der Waals surface area contributed by atoms with Gasteiger partial charge in [-0.05, 0) is 43.0 Å². The van der Waals surface area contributed by atoms with Gasteiger partial charge in [-0.3, -0.25) is 4.79 Å². The largest absolute Gasteiger partial charge is 0.309 e. The first kappa shape index (κ1) is 15.5. The molecule has 4 rings (SSSR count). The first-order valence-corrected chi connectivity index (χ1v) is 9.79. The van der Waals surface area contributed by atoms with Crippen molar-refractivity contribution in [2.75, 3.05) is 0 Å². The molecular formula is C16H12Cl2N2OS2. The van der Waals surface area contributed by atoms with Crippen molar-refractivity contribution in [1.82, 2.24) is 9.97 Å². The summed E-state index contributed by atoms with van der Waals surface area (Å²) < 4.78 is 0. The molecule has 1 aliphatic rings. The lowest BCUT2D eigenvalue weighted by atomic mass is 10.2. The summed E-state index contributed by atoms with van der Waals surface area (Å²) in [5.41, 5.74) is 1.18. The molecule has 0 radical (unpaired) electrons. The maximum absolute atomic E-state index is 12.4. The summed E-state index contributed by atoms with van der Waals surface area (Å²) in [5, 5.41) is 2.08.